The molecule has 2 aromatic heterocycles. The molecule has 0 saturated carbocycles. The van der Waals surface area contributed by atoms with Crippen molar-refractivity contribution in [3.63, 3.8) is 0 Å². The summed E-state index contributed by atoms with van der Waals surface area (Å²) in [6, 6.07) is 0. The van der Waals surface area contributed by atoms with Crippen LogP contribution in [0.5, 0.6) is 0 Å². The fourth-order valence-electron chi connectivity index (χ4n) is 2.51. The number of likely N-dealkylation sites (N-methyl/N-ethyl adjacent to an activating group) is 1. The average molecular weight is 274 g/mol. The van der Waals surface area contributed by atoms with E-state index in [0.29, 0.717) is 6.54 Å². The maximum atomic E-state index is 11.9. The number of carbonyl (C=O) groups is 1. The number of nitrogens with zero attached hydrogens (tertiary/aromatic N) is 6. The lowest BCUT2D eigenvalue weighted by Crippen LogP contribution is -2.51. The van der Waals surface area contributed by atoms with Crippen molar-refractivity contribution in [2.24, 2.45) is 7.05 Å². The van der Waals surface area contributed by atoms with Crippen molar-refractivity contribution in [2.45, 2.75) is 5.92 Å². The molecule has 1 amide bonds. The van der Waals surface area contributed by atoms with Crippen LogP contribution in [0.15, 0.2) is 12.4 Å². The number of aromatic nitrogens is 4. The highest BCUT2D eigenvalue weighted by Gasteiger charge is 2.35. The number of amides is 1. The van der Waals surface area contributed by atoms with Gasteiger partial charge in [-0.2, -0.15) is 5.10 Å². The van der Waals surface area contributed by atoms with E-state index in [-0.39, 0.29) is 11.8 Å². The molecule has 0 radical (unpaired) electrons. The maximum Gasteiger partial charge on any atom is 0.236 e. The van der Waals surface area contributed by atoms with Crippen LogP contribution >= 0.6 is 0 Å². The zero-order valence-electron chi connectivity index (χ0n) is 11.9. The van der Waals surface area contributed by atoms with E-state index in [4.69, 9.17) is 0 Å². The standard InChI is InChI=1S/C13H18N6O/c1-17(2)8-10(20)19-6-9(7-19)11-12-13(18(3)16-11)15-5-4-14-12/h4-5,9H,6-8H2,1-3H3. The first-order valence-corrected chi connectivity index (χ1v) is 6.62. The first-order valence-electron chi connectivity index (χ1n) is 6.62. The number of aryl methyl sites for hydroxylation is 1. The first-order chi connectivity index (χ1) is 9.56. The van der Waals surface area contributed by atoms with E-state index in [0.717, 1.165) is 29.9 Å². The highest BCUT2D eigenvalue weighted by molar-refractivity contribution is 5.80. The summed E-state index contributed by atoms with van der Waals surface area (Å²) < 4.78 is 1.75. The Hall–Kier alpha value is -2.02. The van der Waals surface area contributed by atoms with Crippen LogP contribution in [-0.2, 0) is 11.8 Å². The molecule has 7 heteroatoms. The lowest BCUT2D eigenvalue weighted by Gasteiger charge is -2.38. The SMILES string of the molecule is CN(C)CC(=O)N1CC(c2nn(C)c3nccnc23)C1. The van der Waals surface area contributed by atoms with Gasteiger partial charge >= 0.3 is 0 Å². The van der Waals surface area contributed by atoms with Crippen molar-refractivity contribution in [1.29, 1.82) is 0 Å². The van der Waals surface area contributed by atoms with E-state index in [1.54, 1.807) is 17.1 Å². The van der Waals surface area contributed by atoms with Crippen molar-refractivity contribution in [3.05, 3.63) is 18.1 Å². The van der Waals surface area contributed by atoms with Crippen LogP contribution in [0, 0.1) is 0 Å². The van der Waals surface area contributed by atoms with Crippen LogP contribution in [0.25, 0.3) is 11.2 Å². The molecule has 106 valence electrons. The zero-order chi connectivity index (χ0) is 14.3. The molecule has 0 N–H and O–H groups in total. The quantitative estimate of drug-likeness (QED) is 0.779. The van der Waals surface area contributed by atoms with Crippen molar-refractivity contribution in [1.82, 2.24) is 29.5 Å². The predicted octanol–water partition coefficient (Wildman–Crippen LogP) is -0.149. The van der Waals surface area contributed by atoms with Gasteiger partial charge in [0.05, 0.1) is 12.2 Å². The van der Waals surface area contributed by atoms with Gasteiger partial charge in [-0.05, 0) is 14.1 Å². The maximum absolute atomic E-state index is 11.9. The molecule has 0 bridgehead atoms. The molecule has 1 saturated heterocycles. The van der Waals surface area contributed by atoms with Gasteiger partial charge in [0, 0.05) is 38.4 Å². The largest absolute Gasteiger partial charge is 0.340 e. The van der Waals surface area contributed by atoms with Crippen LogP contribution in [0.1, 0.15) is 11.6 Å². The fourth-order valence-corrected chi connectivity index (χ4v) is 2.51. The van der Waals surface area contributed by atoms with Gasteiger partial charge < -0.3 is 9.80 Å². The third kappa shape index (κ3) is 2.14. The second-order valence-electron chi connectivity index (χ2n) is 5.47. The molecular formula is C13H18N6O. The number of likely N-dealkylation sites (tertiary alicyclic amines) is 1. The fraction of sp³-hybridized carbons (Fsp3) is 0.538. The van der Waals surface area contributed by atoms with Crippen LogP contribution in [-0.4, -0.2) is 69.2 Å². The minimum atomic E-state index is 0.164. The molecule has 0 spiro atoms. The van der Waals surface area contributed by atoms with Gasteiger partial charge in [-0.1, -0.05) is 0 Å². The Kier molecular flexibility index (Phi) is 3.13. The van der Waals surface area contributed by atoms with Crippen molar-refractivity contribution < 1.29 is 4.79 Å². The van der Waals surface area contributed by atoms with Gasteiger partial charge in [0.1, 0.15) is 5.52 Å². The summed E-state index contributed by atoms with van der Waals surface area (Å²) in [5, 5.41) is 4.51. The molecular weight excluding hydrogens is 256 g/mol. The number of fused-ring (bicyclic) bond motifs is 1. The monoisotopic (exact) mass is 274 g/mol. The predicted molar refractivity (Wildman–Crippen MR) is 74.2 cm³/mol. The minimum absolute atomic E-state index is 0.164. The zero-order valence-corrected chi connectivity index (χ0v) is 11.9. The lowest BCUT2D eigenvalue weighted by molar-refractivity contribution is -0.136. The summed E-state index contributed by atoms with van der Waals surface area (Å²) in [4.78, 5) is 24.3. The summed E-state index contributed by atoms with van der Waals surface area (Å²) in [5.41, 5.74) is 2.59. The molecule has 2 aromatic rings. The van der Waals surface area contributed by atoms with Gasteiger partial charge in [0.15, 0.2) is 5.65 Å². The molecule has 0 aromatic carbocycles. The van der Waals surface area contributed by atoms with Gasteiger partial charge in [-0.3, -0.25) is 4.79 Å². The molecule has 0 aliphatic carbocycles. The van der Waals surface area contributed by atoms with Crippen molar-refractivity contribution in [2.75, 3.05) is 33.7 Å². The average Bonchev–Trinajstić information content (AvgIpc) is 2.65. The van der Waals surface area contributed by atoms with Crippen LogP contribution in [0.3, 0.4) is 0 Å². The third-order valence-electron chi connectivity index (χ3n) is 3.56. The Balaban J connectivity index is 1.74. The molecule has 1 aliphatic rings. The normalized spacial score (nSPS) is 15.9. The van der Waals surface area contributed by atoms with Crippen molar-refractivity contribution >= 4 is 17.1 Å². The van der Waals surface area contributed by atoms with Gasteiger partial charge in [0.25, 0.3) is 0 Å². The van der Waals surface area contributed by atoms with E-state index in [1.807, 2.05) is 30.9 Å². The van der Waals surface area contributed by atoms with E-state index in [2.05, 4.69) is 15.1 Å². The van der Waals surface area contributed by atoms with Gasteiger partial charge in [0.2, 0.25) is 5.91 Å². The summed E-state index contributed by atoms with van der Waals surface area (Å²) >= 11 is 0. The summed E-state index contributed by atoms with van der Waals surface area (Å²) in [5.74, 6) is 0.430. The first kappa shape index (κ1) is 13.0. The summed E-state index contributed by atoms with van der Waals surface area (Å²) in [7, 11) is 5.67. The Bertz CT molecular complexity index is 643. The van der Waals surface area contributed by atoms with Crippen molar-refractivity contribution in [3.8, 4) is 0 Å². The third-order valence-corrected chi connectivity index (χ3v) is 3.56. The summed E-state index contributed by atoms with van der Waals surface area (Å²) in [6.45, 7) is 1.89. The molecule has 7 nitrogen and oxygen atoms in total. The summed E-state index contributed by atoms with van der Waals surface area (Å²) in [6.07, 6.45) is 3.35. The molecule has 0 atom stereocenters. The number of hydrogen-bond donors (Lipinski definition) is 0. The minimum Gasteiger partial charge on any atom is -0.340 e. The molecule has 1 aliphatic heterocycles. The number of carbonyl (C=O) groups excluding carboxylic acids is 1. The van der Waals surface area contributed by atoms with E-state index in [9.17, 15) is 4.79 Å². The van der Waals surface area contributed by atoms with E-state index < -0.39 is 0 Å². The number of hydrogen-bond acceptors (Lipinski definition) is 5. The Morgan fingerprint density at radius 1 is 1.35 bits per heavy atom. The molecule has 20 heavy (non-hydrogen) atoms. The molecule has 3 rings (SSSR count). The highest BCUT2D eigenvalue weighted by Crippen LogP contribution is 2.29. The van der Waals surface area contributed by atoms with E-state index >= 15 is 0 Å². The molecule has 0 unspecified atom stereocenters. The number of rotatable bonds is 3. The second kappa shape index (κ2) is 4.82. The van der Waals surface area contributed by atoms with Crippen LogP contribution in [0.2, 0.25) is 0 Å². The highest BCUT2D eigenvalue weighted by atomic mass is 16.2. The van der Waals surface area contributed by atoms with Crippen LogP contribution < -0.4 is 0 Å². The van der Waals surface area contributed by atoms with Gasteiger partial charge in [-0.25, -0.2) is 14.6 Å². The van der Waals surface area contributed by atoms with Crippen LogP contribution in [0.4, 0.5) is 0 Å². The Labute approximate surface area is 117 Å². The molecule has 1 fully saturated rings. The smallest absolute Gasteiger partial charge is 0.236 e. The van der Waals surface area contributed by atoms with Gasteiger partial charge in [-0.15, -0.1) is 0 Å². The molecule has 3 heterocycles. The van der Waals surface area contributed by atoms with E-state index in [1.165, 1.54) is 0 Å². The topological polar surface area (TPSA) is 67.2 Å². The second-order valence-corrected chi connectivity index (χ2v) is 5.47. The Morgan fingerprint density at radius 2 is 2.05 bits per heavy atom. The lowest BCUT2D eigenvalue weighted by atomic mass is 9.95. The Morgan fingerprint density at radius 3 is 2.75 bits per heavy atom.